The maximum atomic E-state index is 12.8. The van der Waals surface area contributed by atoms with Crippen LogP contribution in [0, 0.1) is 11.3 Å². The van der Waals surface area contributed by atoms with Gasteiger partial charge >= 0.3 is 12.1 Å². The molecule has 0 spiro atoms. The number of rotatable bonds is 19. The Morgan fingerprint density at radius 1 is 0.606 bits per heavy atom. The Morgan fingerprint density at radius 3 is 1.42 bits per heavy atom. The Kier molecular flexibility index (Phi) is 20.2. The summed E-state index contributed by atoms with van der Waals surface area (Å²) in [6.07, 6.45) is 13.0. The molecule has 0 rings (SSSR count). The number of alkyl halides is 5. The smallest absolute Gasteiger partial charge is 0.196 e. The van der Waals surface area contributed by atoms with Crippen molar-refractivity contribution in [1.82, 2.24) is 0 Å². The van der Waals surface area contributed by atoms with Gasteiger partial charge in [0, 0.05) is 6.42 Å². The van der Waals surface area contributed by atoms with Gasteiger partial charge in [0.05, 0.1) is 0 Å². The predicted molar refractivity (Wildman–Crippen MR) is 134 cm³/mol. The van der Waals surface area contributed by atoms with Crippen molar-refractivity contribution in [2.75, 3.05) is 0 Å². The zero-order chi connectivity index (χ0) is 25.8. The molecule has 0 fully saturated rings. The number of allylic oxidation sites excluding steroid dienone is 2. The highest BCUT2D eigenvalue weighted by atomic mass is 19.4. The molecule has 0 bridgehead atoms. The Morgan fingerprint density at radius 2 is 1.00 bits per heavy atom. The molecule has 0 aromatic heterocycles. The molecule has 0 saturated heterocycles. The molecule has 0 unspecified atom stereocenters. The van der Waals surface area contributed by atoms with Crippen LogP contribution < -0.4 is 0 Å². The first kappa shape index (κ1) is 34.3. The van der Waals surface area contributed by atoms with E-state index in [1.165, 1.54) is 38.5 Å². The third-order valence-corrected chi connectivity index (χ3v) is 5.96. The maximum absolute atomic E-state index is 12.8. The van der Waals surface area contributed by atoms with E-state index in [9.17, 15) is 22.0 Å². The second kappa shape index (κ2) is 19.4. The number of unbranched alkanes of at least 4 members (excludes halogenated alkanes) is 9. The van der Waals surface area contributed by atoms with Gasteiger partial charge in [-0.1, -0.05) is 91.2 Å². The quantitative estimate of drug-likeness (QED) is 0.0975. The Hall–Kier alpha value is -0.870. The standard InChI is InChI=1S/C17H29F5.C11H22/c1-4-5-6-7-8-9-12-15(2,3)13-10-11-14-16(18,19)17(20,21)22;1-4-5-6-7-8-9-10-11(2)3/h4H,1,5-14H2,2-3H3;4,11H,1,5-10H2,2-3H3. The van der Waals surface area contributed by atoms with Crippen LogP contribution in [0.25, 0.3) is 0 Å². The zero-order valence-corrected chi connectivity index (χ0v) is 21.8. The molecule has 0 atom stereocenters. The SMILES string of the molecule is C=CCCCCCCC(C)(C)CCCCC(F)(F)C(F)(F)F.C=CCCCCCCC(C)C. The van der Waals surface area contributed by atoms with Crippen LogP contribution in [0.2, 0.25) is 0 Å². The van der Waals surface area contributed by atoms with Crippen molar-refractivity contribution >= 4 is 0 Å². The fourth-order valence-electron chi connectivity index (χ4n) is 3.66. The van der Waals surface area contributed by atoms with E-state index in [4.69, 9.17) is 0 Å². The van der Waals surface area contributed by atoms with Crippen LogP contribution in [0.5, 0.6) is 0 Å². The summed E-state index contributed by atoms with van der Waals surface area (Å²) in [5.41, 5.74) is 0.00591. The van der Waals surface area contributed by atoms with Crippen LogP contribution in [-0.2, 0) is 0 Å². The average Bonchev–Trinajstić information content (AvgIpc) is 2.70. The number of hydrogen-bond donors (Lipinski definition) is 0. The van der Waals surface area contributed by atoms with E-state index in [0.717, 1.165) is 44.4 Å². The minimum Gasteiger partial charge on any atom is -0.196 e. The highest BCUT2D eigenvalue weighted by molar-refractivity contribution is 4.76. The van der Waals surface area contributed by atoms with Crippen LogP contribution in [0.15, 0.2) is 25.3 Å². The molecular weight excluding hydrogens is 431 g/mol. The van der Waals surface area contributed by atoms with Crippen molar-refractivity contribution < 1.29 is 22.0 Å². The van der Waals surface area contributed by atoms with Crippen LogP contribution in [-0.4, -0.2) is 12.1 Å². The van der Waals surface area contributed by atoms with Gasteiger partial charge in [-0.25, -0.2) is 0 Å². The van der Waals surface area contributed by atoms with E-state index in [0.29, 0.717) is 12.8 Å². The third kappa shape index (κ3) is 22.7. The molecule has 0 aliphatic rings. The molecular formula is C28H51F5. The molecule has 0 aromatic rings. The summed E-state index contributed by atoms with van der Waals surface area (Å²) < 4.78 is 61.6. The van der Waals surface area contributed by atoms with Gasteiger partial charge in [-0.05, 0) is 56.3 Å². The molecule has 0 saturated carbocycles. The highest BCUT2D eigenvalue weighted by Crippen LogP contribution is 2.40. The molecule has 0 aromatic carbocycles. The highest BCUT2D eigenvalue weighted by Gasteiger charge is 2.56. The van der Waals surface area contributed by atoms with E-state index < -0.39 is 18.5 Å². The van der Waals surface area contributed by atoms with Gasteiger partial charge in [0.15, 0.2) is 0 Å². The molecule has 33 heavy (non-hydrogen) atoms. The molecule has 0 N–H and O–H groups in total. The van der Waals surface area contributed by atoms with Crippen molar-refractivity contribution in [2.45, 2.75) is 143 Å². The summed E-state index contributed by atoms with van der Waals surface area (Å²) in [6, 6.07) is 0. The molecule has 0 aliphatic carbocycles. The average molecular weight is 483 g/mol. The first-order valence-corrected chi connectivity index (χ1v) is 13.0. The summed E-state index contributed by atoms with van der Waals surface area (Å²) in [7, 11) is 0. The van der Waals surface area contributed by atoms with E-state index in [1.807, 2.05) is 12.2 Å². The fourth-order valence-corrected chi connectivity index (χ4v) is 3.66. The molecule has 5 heteroatoms. The second-order valence-electron chi connectivity index (χ2n) is 10.5. The van der Waals surface area contributed by atoms with E-state index in [1.54, 1.807) is 0 Å². The first-order valence-electron chi connectivity index (χ1n) is 13.0. The second-order valence-corrected chi connectivity index (χ2v) is 10.5. The molecule has 198 valence electrons. The monoisotopic (exact) mass is 482 g/mol. The predicted octanol–water partition coefficient (Wildman–Crippen LogP) is 11.5. The summed E-state index contributed by atoms with van der Waals surface area (Å²) in [4.78, 5) is 0. The Balaban J connectivity index is 0. The fraction of sp³-hybridized carbons (Fsp3) is 0.857. The van der Waals surface area contributed by atoms with Crippen molar-refractivity contribution in [1.29, 1.82) is 0 Å². The molecule has 0 amide bonds. The van der Waals surface area contributed by atoms with Crippen molar-refractivity contribution in [3.05, 3.63) is 25.3 Å². The van der Waals surface area contributed by atoms with Crippen molar-refractivity contribution in [3.8, 4) is 0 Å². The number of halogens is 5. The van der Waals surface area contributed by atoms with E-state index >= 15 is 0 Å². The first-order chi connectivity index (χ1) is 15.3. The lowest BCUT2D eigenvalue weighted by Crippen LogP contribution is -2.36. The Labute approximate surface area is 201 Å². The molecule has 0 radical (unpaired) electrons. The summed E-state index contributed by atoms with van der Waals surface area (Å²) in [5.74, 6) is -3.67. The van der Waals surface area contributed by atoms with E-state index in [-0.39, 0.29) is 11.8 Å². The largest absolute Gasteiger partial charge is 0.453 e. The van der Waals surface area contributed by atoms with Gasteiger partial charge in [0.25, 0.3) is 0 Å². The topological polar surface area (TPSA) is 0 Å². The van der Waals surface area contributed by atoms with Gasteiger partial charge in [-0.15, -0.1) is 13.2 Å². The van der Waals surface area contributed by atoms with Crippen LogP contribution >= 0.6 is 0 Å². The van der Waals surface area contributed by atoms with Crippen molar-refractivity contribution in [2.24, 2.45) is 11.3 Å². The maximum Gasteiger partial charge on any atom is 0.453 e. The van der Waals surface area contributed by atoms with Gasteiger partial charge in [0.1, 0.15) is 0 Å². The van der Waals surface area contributed by atoms with Crippen LogP contribution in [0.4, 0.5) is 22.0 Å². The summed E-state index contributed by atoms with van der Waals surface area (Å²) in [5, 5.41) is 0. The van der Waals surface area contributed by atoms with Gasteiger partial charge in [-0.2, -0.15) is 22.0 Å². The lowest BCUT2D eigenvalue weighted by atomic mass is 9.81. The zero-order valence-electron chi connectivity index (χ0n) is 21.8. The minimum absolute atomic E-state index is 0.00591. The summed E-state index contributed by atoms with van der Waals surface area (Å²) in [6.45, 7) is 16.1. The van der Waals surface area contributed by atoms with Gasteiger partial charge in [-0.3, -0.25) is 0 Å². The lowest BCUT2D eigenvalue weighted by molar-refractivity contribution is -0.284. The molecule has 0 heterocycles. The van der Waals surface area contributed by atoms with Crippen LogP contribution in [0.3, 0.4) is 0 Å². The van der Waals surface area contributed by atoms with Crippen LogP contribution in [0.1, 0.15) is 130 Å². The summed E-state index contributed by atoms with van der Waals surface area (Å²) >= 11 is 0. The normalized spacial score (nSPS) is 12.4. The number of hydrogen-bond acceptors (Lipinski definition) is 0. The molecule has 0 nitrogen and oxygen atoms in total. The minimum atomic E-state index is -5.42. The third-order valence-electron chi connectivity index (χ3n) is 5.96. The van der Waals surface area contributed by atoms with Gasteiger partial charge in [0.2, 0.25) is 0 Å². The Bertz CT molecular complexity index is 463. The lowest BCUT2D eigenvalue weighted by Gasteiger charge is -2.25. The van der Waals surface area contributed by atoms with E-state index in [2.05, 4.69) is 40.9 Å². The van der Waals surface area contributed by atoms with Crippen molar-refractivity contribution in [3.63, 3.8) is 0 Å². The molecule has 0 aliphatic heterocycles. The van der Waals surface area contributed by atoms with Gasteiger partial charge < -0.3 is 0 Å².